The average molecular weight is 1430 g/mol. The second-order valence-corrected chi connectivity index (χ2v) is 28.1. The highest BCUT2D eigenvalue weighted by molar-refractivity contribution is 9.10. The second kappa shape index (κ2) is 27.4. The van der Waals surface area contributed by atoms with E-state index >= 15 is 0 Å². The highest BCUT2D eigenvalue weighted by atomic mass is 79.9. The van der Waals surface area contributed by atoms with Gasteiger partial charge in [-0.15, -0.1) is 23.5 Å². The number of halogens is 6. The standard InChI is InChI=1S/C26H24Cl2N2O3S2.C20H13BrCl2N2O2S2.C14H11BrN2O2S/c27-18-8-9-21(19(28)12-18)35-24-20(31)13-26(30-25(24)32,17-10-11-34-15-17)22-6-3-7-23(29-22)33-14-16-4-1-2-5-16;21-17-3-1-2-16(24-17)20(11-6-7-28-10-11)9-14(26)18(19(27)25-20)29-15-5-4-12(22)8-13(15)23;15-12-3-1-2-11(16-12)14(9-4-5-20-8-9)7-10(18)6-13(19)17-14/h3,6-12,15-16,24H,1-2,4-5,13-14H2,(H,30,32);1-8,10,18H,9H2,(H,25,27);1-5,8H,6-7H2,(H,17,19). The number of amides is 3. The van der Waals surface area contributed by atoms with Crippen LogP contribution in [0.15, 0.2) is 160 Å². The lowest BCUT2D eigenvalue weighted by Gasteiger charge is -2.39. The molecule has 3 aliphatic heterocycles. The molecule has 12 rings (SSSR count). The van der Waals surface area contributed by atoms with Gasteiger partial charge in [-0.05, 0) is 185 Å². The van der Waals surface area contributed by atoms with Crippen LogP contribution in [0.5, 0.6) is 5.88 Å². The Labute approximate surface area is 541 Å². The van der Waals surface area contributed by atoms with Crippen molar-refractivity contribution in [1.29, 1.82) is 0 Å². The fraction of sp³-hybridized carbons (Fsp3) is 0.250. The SMILES string of the molecule is O=C1CC(=O)NC(c2ccsc2)(c2cccc(Br)n2)C1.O=C1CC(c2ccsc2)(c2cccc(Br)n2)NC(=O)C1Sc1ccc(Cl)cc1Cl.O=C1CC(c2ccsc2)(c2cccc(OCC3CCCC3)n2)NC(=O)C1Sc1ccc(Cl)cc1Cl. The molecular formula is C60H48Br2Cl4N6O7S5. The van der Waals surface area contributed by atoms with E-state index in [2.05, 4.69) is 57.8 Å². The van der Waals surface area contributed by atoms with E-state index in [1.165, 1.54) is 59.7 Å². The molecule has 1 saturated carbocycles. The number of piperidine rings is 3. The van der Waals surface area contributed by atoms with Crippen molar-refractivity contribution >= 4 is 171 Å². The van der Waals surface area contributed by atoms with Crippen LogP contribution in [-0.4, -0.2) is 67.1 Å². The van der Waals surface area contributed by atoms with Crippen LogP contribution in [0, 0.1) is 5.92 Å². The van der Waals surface area contributed by atoms with Gasteiger partial charge in [0.1, 0.15) is 42.1 Å². The minimum atomic E-state index is -1.05. The normalized spacial score (nSPS) is 22.5. The zero-order chi connectivity index (χ0) is 59.2. The number of thiophene rings is 3. The highest BCUT2D eigenvalue weighted by Crippen LogP contribution is 2.44. The number of carbonyl (C=O) groups is 6. The van der Waals surface area contributed by atoms with Crippen molar-refractivity contribution in [3.63, 3.8) is 0 Å². The Morgan fingerprint density at radius 3 is 1.39 bits per heavy atom. The van der Waals surface area contributed by atoms with Gasteiger partial charge in [-0.3, -0.25) is 28.8 Å². The summed E-state index contributed by atoms with van der Waals surface area (Å²) in [5.41, 5.74) is 1.53. The summed E-state index contributed by atoms with van der Waals surface area (Å²) in [6.07, 6.45) is 5.21. The number of nitrogens with zero attached hydrogens (tertiary/aromatic N) is 3. The van der Waals surface area contributed by atoms with Crippen LogP contribution >= 0.6 is 136 Å². The number of Topliss-reactive ketones (excluding diaryl/α,β-unsaturated/α-hetero) is 3. The minimum absolute atomic E-state index is 0.0557. The van der Waals surface area contributed by atoms with E-state index in [-0.39, 0.29) is 60.8 Å². The smallest absolute Gasteiger partial charge is 0.242 e. The number of ether oxygens (including phenoxy) is 1. The largest absolute Gasteiger partial charge is 0.477 e. The van der Waals surface area contributed by atoms with Gasteiger partial charge in [0, 0.05) is 45.2 Å². The van der Waals surface area contributed by atoms with Crippen LogP contribution in [0.3, 0.4) is 0 Å². The van der Waals surface area contributed by atoms with Crippen LogP contribution in [0.1, 0.15) is 85.1 Å². The lowest BCUT2D eigenvalue weighted by molar-refractivity contribution is -0.135. The molecule has 1 aliphatic carbocycles. The minimum Gasteiger partial charge on any atom is -0.477 e. The molecule has 24 heteroatoms. The van der Waals surface area contributed by atoms with E-state index in [0.717, 1.165) is 40.2 Å². The van der Waals surface area contributed by atoms with Crippen molar-refractivity contribution in [3.05, 3.63) is 205 Å². The molecule has 0 spiro atoms. The van der Waals surface area contributed by atoms with Gasteiger partial charge in [0.2, 0.25) is 23.6 Å². The summed E-state index contributed by atoms with van der Waals surface area (Å²) in [5, 5.41) is 20.8. The van der Waals surface area contributed by atoms with Crippen molar-refractivity contribution < 1.29 is 33.5 Å². The fourth-order valence-electron chi connectivity index (χ4n) is 10.5. The summed E-state index contributed by atoms with van der Waals surface area (Å²) in [5.74, 6) is -0.369. The summed E-state index contributed by atoms with van der Waals surface area (Å²) < 4.78 is 7.34. The molecule has 0 bridgehead atoms. The molecule has 4 fully saturated rings. The van der Waals surface area contributed by atoms with E-state index in [1.807, 2.05) is 99.0 Å². The molecule has 3 amide bonds. The first-order valence-corrected chi connectivity index (χ1v) is 33.8. The van der Waals surface area contributed by atoms with E-state index in [9.17, 15) is 28.8 Å². The third-order valence-corrected chi connectivity index (χ3v) is 21.4. The molecule has 432 valence electrons. The molecule has 9 heterocycles. The lowest BCUT2D eigenvalue weighted by Crippen LogP contribution is -2.58. The van der Waals surface area contributed by atoms with Gasteiger partial charge in [-0.25, -0.2) is 15.0 Å². The Kier molecular flexibility index (Phi) is 20.2. The number of pyridine rings is 3. The van der Waals surface area contributed by atoms with Crippen molar-refractivity contribution in [2.45, 2.75) is 88.3 Å². The summed E-state index contributed by atoms with van der Waals surface area (Å²) in [6, 6.07) is 32.3. The molecule has 6 aromatic heterocycles. The molecule has 0 radical (unpaired) electrons. The topological polar surface area (TPSA) is 186 Å². The molecule has 13 nitrogen and oxygen atoms in total. The third kappa shape index (κ3) is 14.0. The van der Waals surface area contributed by atoms with Gasteiger partial charge in [0.05, 0.1) is 40.2 Å². The van der Waals surface area contributed by atoms with Crippen molar-refractivity contribution in [3.8, 4) is 5.88 Å². The number of benzene rings is 2. The van der Waals surface area contributed by atoms with E-state index in [0.29, 0.717) is 74.6 Å². The van der Waals surface area contributed by atoms with Crippen LogP contribution in [0.2, 0.25) is 20.1 Å². The van der Waals surface area contributed by atoms with Crippen molar-refractivity contribution in [2.24, 2.45) is 5.92 Å². The van der Waals surface area contributed by atoms with E-state index in [4.69, 9.17) is 56.1 Å². The molecule has 5 unspecified atom stereocenters. The number of ketones is 3. The van der Waals surface area contributed by atoms with Gasteiger partial charge < -0.3 is 20.7 Å². The molecule has 3 saturated heterocycles. The van der Waals surface area contributed by atoms with Crippen LogP contribution in [0.4, 0.5) is 0 Å². The number of carbonyl (C=O) groups excluding carboxylic acids is 6. The maximum absolute atomic E-state index is 13.4. The zero-order valence-electron chi connectivity index (χ0n) is 44.0. The van der Waals surface area contributed by atoms with Crippen molar-refractivity contribution in [1.82, 2.24) is 30.9 Å². The number of thioether (sulfide) groups is 2. The second-order valence-electron chi connectivity index (χ2n) is 20.1. The van der Waals surface area contributed by atoms with Gasteiger partial charge in [-0.2, -0.15) is 34.0 Å². The molecule has 2 aromatic carbocycles. The predicted molar refractivity (Wildman–Crippen MR) is 341 cm³/mol. The lowest BCUT2D eigenvalue weighted by atomic mass is 9.79. The molecular weight excluding hydrogens is 1380 g/mol. The molecule has 4 aliphatic rings. The third-order valence-electron chi connectivity index (χ3n) is 14.5. The molecule has 8 aromatic rings. The predicted octanol–water partition coefficient (Wildman–Crippen LogP) is 14.8. The van der Waals surface area contributed by atoms with Gasteiger partial charge in [0.25, 0.3) is 0 Å². The Bertz CT molecular complexity index is 3690. The van der Waals surface area contributed by atoms with Crippen LogP contribution in [-0.2, 0) is 45.4 Å². The zero-order valence-corrected chi connectivity index (χ0v) is 54.2. The first kappa shape index (κ1) is 62.1. The van der Waals surface area contributed by atoms with Crippen LogP contribution in [0.25, 0.3) is 0 Å². The number of hydrogen-bond donors (Lipinski definition) is 3. The molecule has 84 heavy (non-hydrogen) atoms. The summed E-state index contributed by atoms with van der Waals surface area (Å²) in [7, 11) is 0. The number of nitrogens with one attached hydrogen (secondary N) is 3. The van der Waals surface area contributed by atoms with Crippen molar-refractivity contribution in [2.75, 3.05) is 6.61 Å². The monoisotopic (exact) mass is 1420 g/mol. The van der Waals surface area contributed by atoms with Gasteiger partial charge >= 0.3 is 0 Å². The molecule has 3 N–H and O–H groups in total. The highest BCUT2D eigenvalue weighted by Gasteiger charge is 2.50. The van der Waals surface area contributed by atoms with Gasteiger partial charge in [-0.1, -0.05) is 77.4 Å². The number of aromatic nitrogens is 3. The average Bonchev–Trinajstić information content (AvgIpc) is 3.69. The maximum atomic E-state index is 13.4. The molecule has 5 atom stereocenters. The Morgan fingerprint density at radius 2 is 0.988 bits per heavy atom. The first-order valence-electron chi connectivity index (χ1n) is 26.1. The Morgan fingerprint density at radius 1 is 0.548 bits per heavy atom. The van der Waals surface area contributed by atoms with E-state index in [1.54, 1.807) is 42.5 Å². The fourth-order valence-corrected chi connectivity index (χ4v) is 16.4. The number of hydrogen-bond acceptors (Lipinski definition) is 15. The first-order chi connectivity index (χ1) is 40.4. The summed E-state index contributed by atoms with van der Waals surface area (Å²) in [4.78, 5) is 91.9. The Hall–Kier alpha value is -4.97. The van der Waals surface area contributed by atoms with E-state index < -0.39 is 27.1 Å². The number of rotatable bonds is 13. The quantitative estimate of drug-likeness (QED) is 0.0734. The summed E-state index contributed by atoms with van der Waals surface area (Å²) >= 11 is 38.0. The summed E-state index contributed by atoms with van der Waals surface area (Å²) in [6.45, 7) is 0.633. The van der Waals surface area contributed by atoms with Crippen LogP contribution < -0.4 is 20.7 Å². The Balaban J connectivity index is 0.000000146. The maximum Gasteiger partial charge on any atom is 0.242 e. The van der Waals surface area contributed by atoms with Gasteiger partial charge in [0.15, 0.2) is 11.6 Å².